The van der Waals surface area contributed by atoms with Crippen LogP contribution in [-0.2, 0) is 0 Å². The summed E-state index contributed by atoms with van der Waals surface area (Å²) in [6.45, 7) is 11.5. The molecule has 0 atom stereocenters. The zero-order valence-corrected chi connectivity index (χ0v) is 11.2. The van der Waals surface area contributed by atoms with Crippen molar-refractivity contribution < 1.29 is 4.79 Å². The van der Waals surface area contributed by atoms with Crippen LogP contribution in [0.1, 0.15) is 34.0 Å². The molecule has 0 aromatic heterocycles. The smallest absolute Gasteiger partial charge is 0.189 e. The number of carbonyl (C=O) groups is 1. The van der Waals surface area contributed by atoms with E-state index in [1.165, 1.54) is 5.56 Å². The number of ketones is 1. The van der Waals surface area contributed by atoms with Crippen LogP contribution in [0.3, 0.4) is 0 Å². The van der Waals surface area contributed by atoms with Gasteiger partial charge in [0.25, 0.3) is 0 Å². The highest BCUT2D eigenvalue weighted by molar-refractivity contribution is 9.10. The lowest BCUT2D eigenvalue weighted by atomic mass is 9.96. The van der Waals surface area contributed by atoms with Gasteiger partial charge in [-0.15, -0.1) is 0 Å². The first-order chi connectivity index (χ1) is 6.86. The van der Waals surface area contributed by atoms with Crippen LogP contribution in [-0.4, -0.2) is 5.78 Å². The topological polar surface area (TPSA) is 17.1 Å². The van der Waals surface area contributed by atoms with Crippen LogP contribution in [0, 0.1) is 20.8 Å². The molecule has 0 heterocycles. The molecule has 0 saturated carbocycles. The van der Waals surface area contributed by atoms with Crippen LogP contribution in [0.4, 0.5) is 0 Å². The van der Waals surface area contributed by atoms with E-state index < -0.39 is 0 Å². The molecule has 0 saturated heterocycles. The first-order valence-corrected chi connectivity index (χ1v) is 5.62. The molecule has 0 N–H and O–H groups in total. The van der Waals surface area contributed by atoms with Gasteiger partial charge in [-0.3, -0.25) is 4.79 Å². The molecule has 0 aliphatic carbocycles. The van der Waals surface area contributed by atoms with Crippen LogP contribution in [0.2, 0.25) is 0 Å². The van der Waals surface area contributed by atoms with Gasteiger partial charge in [0.2, 0.25) is 0 Å². The van der Waals surface area contributed by atoms with Gasteiger partial charge in [-0.1, -0.05) is 6.58 Å². The Morgan fingerprint density at radius 3 is 2.27 bits per heavy atom. The number of allylic oxidation sites excluding steroid dienone is 1. The van der Waals surface area contributed by atoms with E-state index in [9.17, 15) is 4.79 Å². The largest absolute Gasteiger partial charge is 0.289 e. The monoisotopic (exact) mass is 266 g/mol. The molecular formula is C13H15BrO. The lowest BCUT2D eigenvalue weighted by Gasteiger charge is -2.12. The normalized spacial score (nSPS) is 10.2. The van der Waals surface area contributed by atoms with E-state index >= 15 is 0 Å². The van der Waals surface area contributed by atoms with Crippen LogP contribution >= 0.6 is 15.9 Å². The van der Waals surface area contributed by atoms with Crippen LogP contribution in [0.15, 0.2) is 22.7 Å². The summed E-state index contributed by atoms with van der Waals surface area (Å²) in [6.07, 6.45) is 0. The second-order valence-corrected chi connectivity index (χ2v) is 4.71. The Kier molecular flexibility index (Phi) is 3.50. The average Bonchev–Trinajstić information content (AvgIpc) is 2.19. The van der Waals surface area contributed by atoms with Crippen LogP contribution in [0.5, 0.6) is 0 Å². The number of rotatable bonds is 2. The minimum atomic E-state index is 0.00748. The molecule has 0 amide bonds. The molecule has 0 bridgehead atoms. The third-order valence-electron chi connectivity index (χ3n) is 2.71. The molecule has 1 rings (SSSR count). The maximum Gasteiger partial charge on any atom is 0.189 e. The molecule has 1 nitrogen and oxygen atoms in total. The van der Waals surface area contributed by atoms with Gasteiger partial charge in [-0.2, -0.15) is 0 Å². The molecule has 80 valence electrons. The Hall–Kier alpha value is -0.890. The van der Waals surface area contributed by atoms with E-state index in [0.29, 0.717) is 11.1 Å². The Bertz CT molecular complexity index is 444. The molecule has 1 aromatic rings. The summed E-state index contributed by atoms with van der Waals surface area (Å²) >= 11 is 3.47. The number of aryl methyl sites for hydroxylation is 1. The molecule has 0 aliphatic heterocycles. The fourth-order valence-electron chi connectivity index (χ4n) is 1.45. The second kappa shape index (κ2) is 4.31. The molecule has 0 radical (unpaired) electrons. The Morgan fingerprint density at radius 2 is 1.80 bits per heavy atom. The van der Waals surface area contributed by atoms with E-state index in [4.69, 9.17) is 0 Å². The Labute approximate surface area is 99.3 Å². The fraction of sp³-hybridized carbons (Fsp3) is 0.308. The van der Waals surface area contributed by atoms with Gasteiger partial charge in [0, 0.05) is 10.0 Å². The van der Waals surface area contributed by atoms with Crippen molar-refractivity contribution in [3.63, 3.8) is 0 Å². The summed E-state index contributed by atoms with van der Waals surface area (Å²) in [6, 6.07) is 1.92. The third kappa shape index (κ3) is 2.20. The number of Topliss-reactive ketones (excluding diaryl/α,β-unsaturated/α-hetero) is 1. The maximum atomic E-state index is 11.9. The zero-order valence-electron chi connectivity index (χ0n) is 9.57. The van der Waals surface area contributed by atoms with Crippen LogP contribution in [0.25, 0.3) is 0 Å². The van der Waals surface area contributed by atoms with Gasteiger partial charge in [0.05, 0.1) is 0 Å². The van der Waals surface area contributed by atoms with Crippen molar-refractivity contribution in [2.75, 3.05) is 0 Å². The predicted molar refractivity (Wildman–Crippen MR) is 67.5 cm³/mol. The van der Waals surface area contributed by atoms with E-state index in [1.807, 2.05) is 19.9 Å². The van der Waals surface area contributed by atoms with Crippen molar-refractivity contribution in [3.05, 3.63) is 44.9 Å². The number of hydrogen-bond acceptors (Lipinski definition) is 1. The second-order valence-electron chi connectivity index (χ2n) is 3.91. The molecule has 15 heavy (non-hydrogen) atoms. The van der Waals surface area contributed by atoms with Gasteiger partial charge < -0.3 is 0 Å². The maximum absolute atomic E-state index is 11.9. The van der Waals surface area contributed by atoms with Gasteiger partial charge in [-0.25, -0.2) is 0 Å². The van der Waals surface area contributed by atoms with Crippen molar-refractivity contribution in [1.29, 1.82) is 0 Å². The lowest BCUT2D eigenvalue weighted by molar-refractivity contribution is 0.103. The average molecular weight is 267 g/mol. The Balaban J connectivity index is 3.45. The minimum absolute atomic E-state index is 0.00748. The first-order valence-electron chi connectivity index (χ1n) is 4.82. The molecule has 0 unspecified atom stereocenters. The van der Waals surface area contributed by atoms with Crippen molar-refractivity contribution >= 4 is 21.7 Å². The molecule has 0 spiro atoms. The summed E-state index contributed by atoms with van der Waals surface area (Å²) in [5.41, 5.74) is 4.77. The van der Waals surface area contributed by atoms with Crippen molar-refractivity contribution in [2.45, 2.75) is 27.7 Å². The van der Waals surface area contributed by atoms with E-state index in [2.05, 4.69) is 29.4 Å². The SMILES string of the molecule is C=C(C)C(=O)c1cc(C)c(C)c(C)c1Br. The molecule has 1 aromatic carbocycles. The summed E-state index contributed by atoms with van der Waals surface area (Å²) in [7, 11) is 0. The highest BCUT2D eigenvalue weighted by Crippen LogP contribution is 2.28. The molecular weight excluding hydrogens is 252 g/mol. The first kappa shape index (κ1) is 12.2. The highest BCUT2D eigenvalue weighted by atomic mass is 79.9. The third-order valence-corrected chi connectivity index (χ3v) is 3.73. The summed E-state index contributed by atoms with van der Waals surface area (Å²) < 4.78 is 0.888. The van der Waals surface area contributed by atoms with Crippen LogP contribution < -0.4 is 0 Å². The van der Waals surface area contributed by atoms with Gasteiger partial charge in [0.1, 0.15) is 0 Å². The van der Waals surface area contributed by atoms with Gasteiger partial charge in [0.15, 0.2) is 5.78 Å². The van der Waals surface area contributed by atoms with E-state index in [-0.39, 0.29) is 5.78 Å². The molecule has 0 aliphatic rings. The van der Waals surface area contributed by atoms with E-state index in [1.54, 1.807) is 6.92 Å². The highest BCUT2D eigenvalue weighted by Gasteiger charge is 2.14. The minimum Gasteiger partial charge on any atom is -0.289 e. The summed E-state index contributed by atoms with van der Waals surface area (Å²) in [5.74, 6) is 0.00748. The number of carbonyl (C=O) groups excluding carboxylic acids is 1. The number of halogens is 1. The van der Waals surface area contributed by atoms with Crippen molar-refractivity contribution in [1.82, 2.24) is 0 Å². The number of hydrogen-bond donors (Lipinski definition) is 0. The van der Waals surface area contributed by atoms with Crippen molar-refractivity contribution in [3.8, 4) is 0 Å². The van der Waals surface area contributed by atoms with E-state index in [0.717, 1.165) is 15.6 Å². The molecule has 0 fully saturated rings. The quantitative estimate of drug-likeness (QED) is 0.581. The number of benzene rings is 1. The fourth-order valence-corrected chi connectivity index (χ4v) is 2.04. The summed E-state index contributed by atoms with van der Waals surface area (Å²) in [5, 5.41) is 0. The standard InChI is InChI=1S/C13H15BrO/c1-7(2)13(15)11-6-8(3)9(4)10(5)12(11)14/h6H,1H2,2-5H3. The predicted octanol–water partition coefficient (Wildman–Crippen LogP) is 4.13. The summed E-state index contributed by atoms with van der Waals surface area (Å²) in [4.78, 5) is 11.9. The zero-order chi connectivity index (χ0) is 11.7. The van der Waals surface area contributed by atoms with Gasteiger partial charge in [-0.05, 0) is 72.0 Å². The van der Waals surface area contributed by atoms with Gasteiger partial charge >= 0.3 is 0 Å². The lowest BCUT2D eigenvalue weighted by Crippen LogP contribution is -2.04. The Morgan fingerprint density at radius 1 is 1.27 bits per heavy atom. The molecule has 2 heteroatoms. The van der Waals surface area contributed by atoms with Crippen molar-refractivity contribution in [2.24, 2.45) is 0 Å².